The predicted molar refractivity (Wildman–Crippen MR) is 135 cm³/mol. The van der Waals surface area contributed by atoms with Gasteiger partial charge in [0.15, 0.2) is 0 Å². The van der Waals surface area contributed by atoms with Gasteiger partial charge in [-0.3, -0.25) is 0 Å². The first-order chi connectivity index (χ1) is 16.0. The summed E-state index contributed by atoms with van der Waals surface area (Å²) in [5, 5.41) is 0. The van der Waals surface area contributed by atoms with Crippen molar-refractivity contribution in [3.05, 3.63) is 90.0 Å². The molecular weight excluding hydrogens is 493 g/mol. The van der Waals surface area contributed by atoms with Crippen LogP contribution in [0.3, 0.4) is 0 Å². The molecular formula is C27H31F3O3S2. The van der Waals surface area contributed by atoms with Gasteiger partial charge in [-0.2, -0.15) is 25.2 Å². The molecule has 0 unspecified atom stereocenters. The summed E-state index contributed by atoms with van der Waals surface area (Å²) in [4.78, 5) is 1.06. The number of rotatable bonds is 5. The maximum Gasteiger partial charge on any atom is 0.524 e. The molecule has 3 nitrogen and oxygen atoms in total. The van der Waals surface area contributed by atoms with E-state index < -0.39 is 25.9 Å². The van der Waals surface area contributed by atoms with Crippen molar-refractivity contribution in [3.8, 4) is 0 Å². The molecule has 3 aromatic rings. The van der Waals surface area contributed by atoms with Crippen molar-refractivity contribution in [1.82, 2.24) is 0 Å². The number of halogens is 3. The van der Waals surface area contributed by atoms with Crippen LogP contribution in [0.1, 0.15) is 52.7 Å². The first kappa shape index (κ1) is 27.3. The van der Waals surface area contributed by atoms with E-state index in [0.29, 0.717) is 14.7 Å². The van der Waals surface area contributed by atoms with Gasteiger partial charge in [-0.1, -0.05) is 84.0 Å². The minimum absolute atomic E-state index is 0.198. The number of benzene rings is 3. The Morgan fingerprint density at radius 2 is 0.914 bits per heavy atom. The average Bonchev–Trinajstić information content (AvgIpc) is 2.76. The Hall–Kier alpha value is -2.29. The van der Waals surface area contributed by atoms with E-state index in [4.69, 9.17) is 3.63 Å². The molecule has 0 atom stereocenters. The van der Waals surface area contributed by atoms with Crippen molar-refractivity contribution in [3.63, 3.8) is 0 Å². The molecule has 0 aromatic heterocycles. The molecule has 0 saturated carbocycles. The van der Waals surface area contributed by atoms with E-state index in [9.17, 15) is 21.6 Å². The van der Waals surface area contributed by atoms with Crippen molar-refractivity contribution < 1.29 is 25.2 Å². The Morgan fingerprint density at radius 1 is 0.571 bits per heavy atom. The fraction of sp³-hybridized carbons (Fsp3) is 0.333. The van der Waals surface area contributed by atoms with Crippen LogP contribution in [0.4, 0.5) is 13.2 Å². The summed E-state index contributed by atoms with van der Waals surface area (Å²) in [7, 11) is -9.25. The fourth-order valence-corrected chi connectivity index (χ4v) is 8.33. The van der Waals surface area contributed by atoms with Crippen LogP contribution in [-0.4, -0.2) is 13.9 Å². The number of hydrogen-bond acceptors (Lipinski definition) is 3. The van der Waals surface area contributed by atoms with Gasteiger partial charge in [0.25, 0.3) is 0 Å². The standard InChI is InChI=1S/C27H31F3O3S2/c1-25(2,3)20-12-16-23(17-13-20)34(22-10-8-7-9-11-22,33-35(31,32)27(28,29)30)24-18-14-21(15-19-24)26(4,5)6/h7-19H,1-6H3. The fourth-order valence-electron chi connectivity index (χ4n) is 3.60. The first-order valence-corrected chi connectivity index (χ1v) is 14.1. The second-order valence-corrected chi connectivity index (χ2v) is 14.8. The minimum atomic E-state index is -5.94. The Labute approximate surface area is 208 Å². The number of alkyl halides is 3. The topological polar surface area (TPSA) is 43.4 Å². The van der Waals surface area contributed by atoms with Gasteiger partial charge < -0.3 is 0 Å². The molecule has 0 bridgehead atoms. The Kier molecular flexibility index (Phi) is 7.25. The van der Waals surface area contributed by atoms with Crippen LogP contribution in [0.15, 0.2) is 93.5 Å². The zero-order valence-electron chi connectivity index (χ0n) is 20.7. The lowest BCUT2D eigenvalue weighted by molar-refractivity contribution is -0.0496. The van der Waals surface area contributed by atoms with E-state index in [-0.39, 0.29) is 10.8 Å². The SMILES string of the molecule is CC(C)(C)c1ccc(S(OS(=O)(=O)C(F)(F)F)(c2ccccc2)c2ccc(C(C)(C)C)cc2)cc1. The third-order valence-electron chi connectivity index (χ3n) is 5.65. The van der Waals surface area contributed by atoms with Crippen molar-refractivity contribution in [2.45, 2.75) is 72.6 Å². The van der Waals surface area contributed by atoms with Gasteiger partial charge in [0.2, 0.25) is 0 Å². The van der Waals surface area contributed by atoms with E-state index in [1.807, 2.05) is 65.8 Å². The lowest BCUT2D eigenvalue weighted by Crippen LogP contribution is -2.27. The molecule has 3 aromatic carbocycles. The van der Waals surface area contributed by atoms with Gasteiger partial charge in [-0.15, -0.1) is 0 Å². The van der Waals surface area contributed by atoms with Crippen molar-refractivity contribution >= 4 is 20.4 Å². The maximum absolute atomic E-state index is 13.7. The summed E-state index contributed by atoms with van der Waals surface area (Å²) in [6.07, 6.45) is 0. The highest BCUT2D eigenvalue weighted by Gasteiger charge is 2.52. The van der Waals surface area contributed by atoms with Crippen molar-refractivity contribution in [2.75, 3.05) is 0 Å². The molecule has 0 N–H and O–H groups in total. The van der Waals surface area contributed by atoms with Crippen molar-refractivity contribution in [2.24, 2.45) is 0 Å². The summed E-state index contributed by atoms with van der Waals surface area (Å²) >= 11 is 0. The molecule has 0 fully saturated rings. The summed E-state index contributed by atoms with van der Waals surface area (Å²) < 4.78 is 71.3. The molecule has 0 heterocycles. The van der Waals surface area contributed by atoms with E-state index >= 15 is 0 Å². The smallest absolute Gasteiger partial charge is 0.200 e. The van der Waals surface area contributed by atoms with Crippen LogP contribution in [-0.2, 0) is 24.6 Å². The zero-order valence-corrected chi connectivity index (χ0v) is 22.3. The van der Waals surface area contributed by atoms with E-state index in [1.165, 1.54) is 0 Å². The summed E-state index contributed by atoms with van der Waals surface area (Å²) in [6, 6.07) is 22.2. The predicted octanol–water partition coefficient (Wildman–Crippen LogP) is 8.34. The van der Waals surface area contributed by atoms with E-state index in [2.05, 4.69) is 0 Å². The van der Waals surface area contributed by atoms with Gasteiger partial charge in [0.1, 0.15) is 0 Å². The van der Waals surface area contributed by atoms with E-state index in [0.717, 1.165) is 11.1 Å². The minimum Gasteiger partial charge on any atom is -0.200 e. The van der Waals surface area contributed by atoms with Crippen LogP contribution in [0, 0.1) is 0 Å². The molecule has 0 saturated heterocycles. The second kappa shape index (κ2) is 9.30. The zero-order chi connectivity index (χ0) is 26.3. The second-order valence-electron chi connectivity index (χ2n) is 10.4. The van der Waals surface area contributed by atoms with Crippen LogP contribution in [0.2, 0.25) is 0 Å². The van der Waals surface area contributed by atoms with Gasteiger partial charge in [-0.05, 0) is 68.7 Å². The van der Waals surface area contributed by atoms with Crippen LogP contribution in [0.5, 0.6) is 0 Å². The average molecular weight is 525 g/mol. The van der Waals surface area contributed by atoms with E-state index in [1.54, 1.807) is 54.6 Å². The molecule has 190 valence electrons. The van der Waals surface area contributed by atoms with Gasteiger partial charge in [0, 0.05) is 14.7 Å². The molecule has 0 radical (unpaired) electrons. The summed E-state index contributed by atoms with van der Waals surface area (Å²) in [5.74, 6) is 0. The molecule has 0 spiro atoms. The summed E-state index contributed by atoms with van der Waals surface area (Å²) in [5.41, 5.74) is -4.04. The van der Waals surface area contributed by atoms with Crippen LogP contribution < -0.4 is 0 Å². The normalized spacial score (nSPS) is 14.1. The molecule has 0 aliphatic rings. The largest absolute Gasteiger partial charge is 0.524 e. The van der Waals surface area contributed by atoms with Crippen LogP contribution in [0.25, 0.3) is 0 Å². The monoisotopic (exact) mass is 524 g/mol. The van der Waals surface area contributed by atoms with Gasteiger partial charge in [-0.25, -0.2) is 0 Å². The van der Waals surface area contributed by atoms with Crippen molar-refractivity contribution in [1.29, 1.82) is 0 Å². The third-order valence-corrected chi connectivity index (χ3v) is 10.6. The Balaban J connectivity index is 2.38. The molecule has 8 heteroatoms. The summed E-state index contributed by atoms with van der Waals surface area (Å²) in [6.45, 7) is 12.1. The maximum atomic E-state index is 13.7. The molecule has 0 aliphatic heterocycles. The molecule has 0 amide bonds. The quantitative estimate of drug-likeness (QED) is 0.315. The first-order valence-electron chi connectivity index (χ1n) is 11.1. The Morgan fingerprint density at radius 3 is 1.23 bits per heavy atom. The molecule has 3 rings (SSSR count). The van der Waals surface area contributed by atoms with Gasteiger partial charge >= 0.3 is 15.6 Å². The third kappa shape index (κ3) is 5.60. The van der Waals surface area contributed by atoms with Crippen LogP contribution >= 0.6 is 10.3 Å². The number of hydrogen-bond donors (Lipinski definition) is 0. The lowest BCUT2D eigenvalue weighted by atomic mass is 9.87. The highest BCUT2D eigenvalue weighted by Crippen LogP contribution is 2.70. The Bertz CT molecular complexity index is 1200. The van der Waals surface area contributed by atoms with Gasteiger partial charge in [0.05, 0.1) is 0 Å². The highest BCUT2D eigenvalue weighted by atomic mass is 32.3. The molecule has 35 heavy (non-hydrogen) atoms. The highest BCUT2D eigenvalue weighted by molar-refractivity contribution is 8.33. The lowest BCUT2D eigenvalue weighted by Gasteiger charge is -2.40. The molecule has 0 aliphatic carbocycles.